The van der Waals surface area contributed by atoms with Crippen molar-refractivity contribution in [1.29, 1.82) is 5.26 Å². The van der Waals surface area contributed by atoms with Gasteiger partial charge in [-0.3, -0.25) is 9.36 Å². The Morgan fingerprint density at radius 3 is 2.50 bits per heavy atom. The molecule has 0 radical (unpaired) electrons. The number of hydrogen-bond acceptors (Lipinski definition) is 4. The van der Waals surface area contributed by atoms with Crippen molar-refractivity contribution in [3.05, 3.63) is 112 Å². The molecule has 0 spiro atoms. The number of hydrogen-bond donors (Lipinski definition) is 0. The highest BCUT2D eigenvalue weighted by molar-refractivity contribution is 5.33. The van der Waals surface area contributed by atoms with Gasteiger partial charge in [0.25, 0.3) is 5.56 Å². The lowest BCUT2D eigenvalue weighted by atomic mass is 10.1. The Balaban J connectivity index is 1.55. The number of alkyl halides is 3. The lowest BCUT2D eigenvalue weighted by Crippen LogP contribution is -2.20. The Bertz CT molecular complexity index is 1350. The minimum Gasteiger partial charge on any atom is -0.330 e. The molecule has 0 bridgehead atoms. The molecule has 4 aromatic rings. The largest absolute Gasteiger partial charge is 0.416 e. The third-order valence-electron chi connectivity index (χ3n) is 4.92. The van der Waals surface area contributed by atoms with Gasteiger partial charge in [0.15, 0.2) is 0 Å². The highest BCUT2D eigenvalue weighted by atomic mass is 19.4. The van der Waals surface area contributed by atoms with Gasteiger partial charge in [-0.2, -0.15) is 18.4 Å². The molecule has 0 unspecified atom stereocenters. The first kappa shape index (κ1) is 21.1. The van der Waals surface area contributed by atoms with Crippen LogP contribution in [0.1, 0.15) is 27.9 Å². The summed E-state index contributed by atoms with van der Waals surface area (Å²) in [6.45, 7) is 0.373. The van der Waals surface area contributed by atoms with Gasteiger partial charge in [-0.15, -0.1) is 0 Å². The average Bonchev–Trinajstić information content (AvgIpc) is 3.20. The van der Waals surface area contributed by atoms with Crippen molar-refractivity contribution in [3.8, 4) is 11.9 Å². The second-order valence-electron chi connectivity index (χ2n) is 7.14. The molecule has 0 amide bonds. The van der Waals surface area contributed by atoms with E-state index in [0.29, 0.717) is 24.1 Å². The zero-order valence-corrected chi connectivity index (χ0v) is 16.6. The summed E-state index contributed by atoms with van der Waals surface area (Å²) in [6.07, 6.45) is 1.90. The number of imidazole rings is 1. The van der Waals surface area contributed by atoms with Gasteiger partial charge in [-0.25, -0.2) is 9.97 Å². The van der Waals surface area contributed by atoms with Crippen molar-refractivity contribution in [2.45, 2.75) is 19.1 Å². The highest BCUT2D eigenvalue weighted by Gasteiger charge is 2.30. The molecular formula is C23H16F3N5O. The van der Waals surface area contributed by atoms with E-state index in [9.17, 15) is 18.0 Å². The van der Waals surface area contributed by atoms with Gasteiger partial charge >= 0.3 is 6.18 Å². The van der Waals surface area contributed by atoms with Crippen molar-refractivity contribution in [2.75, 3.05) is 0 Å². The van der Waals surface area contributed by atoms with Gasteiger partial charge in [-0.1, -0.05) is 12.1 Å². The van der Waals surface area contributed by atoms with Crippen molar-refractivity contribution >= 4 is 0 Å². The highest BCUT2D eigenvalue weighted by Crippen LogP contribution is 2.29. The fourth-order valence-corrected chi connectivity index (χ4v) is 3.27. The standard InChI is InChI=1S/C23H16F3N5O/c24-23(25,26)19-5-7-29-21(11-19)31-8-6-18(10-22(31)32)14-30-15-28-13-20(30)9-16-1-3-17(12-27)4-2-16/h1-8,10-11,13,15H,9,14H2. The third-order valence-corrected chi connectivity index (χ3v) is 4.92. The van der Waals surface area contributed by atoms with Crippen LogP contribution in [0.4, 0.5) is 13.2 Å². The minimum atomic E-state index is -4.52. The molecule has 4 rings (SSSR count). The fraction of sp³-hybridized carbons (Fsp3) is 0.130. The molecule has 6 nitrogen and oxygen atoms in total. The van der Waals surface area contributed by atoms with Gasteiger partial charge < -0.3 is 4.57 Å². The van der Waals surface area contributed by atoms with Crippen LogP contribution >= 0.6 is 0 Å². The number of pyridine rings is 2. The molecule has 0 atom stereocenters. The SMILES string of the molecule is N#Cc1ccc(Cc2cncn2Cc2ccn(-c3cc(C(F)(F)F)ccn3)c(=O)c2)cc1. The third kappa shape index (κ3) is 4.59. The first-order valence-corrected chi connectivity index (χ1v) is 9.57. The molecule has 0 aliphatic rings. The van der Waals surface area contributed by atoms with Crippen molar-refractivity contribution < 1.29 is 13.2 Å². The van der Waals surface area contributed by atoms with Crippen LogP contribution in [0.25, 0.3) is 5.82 Å². The molecule has 160 valence electrons. The van der Waals surface area contributed by atoms with Gasteiger partial charge in [0, 0.05) is 43.3 Å². The lowest BCUT2D eigenvalue weighted by molar-refractivity contribution is -0.137. The summed E-state index contributed by atoms with van der Waals surface area (Å²) < 4.78 is 41.8. The van der Waals surface area contributed by atoms with Crippen LogP contribution in [0.15, 0.2) is 78.2 Å². The molecular weight excluding hydrogens is 419 g/mol. The molecule has 0 fully saturated rings. The Labute approximate surface area is 180 Å². The molecule has 1 aromatic carbocycles. The van der Waals surface area contributed by atoms with E-state index in [1.165, 1.54) is 12.3 Å². The lowest BCUT2D eigenvalue weighted by Gasteiger charge is -2.11. The molecule has 3 heterocycles. The van der Waals surface area contributed by atoms with Crippen molar-refractivity contribution in [1.82, 2.24) is 19.1 Å². The van der Waals surface area contributed by atoms with E-state index in [2.05, 4.69) is 16.0 Å². The van der Waals surface area contributed by atoms with Crippen molar-refractivity contribution in [2.24, 2.45) is 0 Å². The summed E-state index contributed by atoms with van der Waals surface area (Å²) in [4.78, 5) is 20.6. The predicted octanol–water partition coefficient (Wildman–Crippen LogP) is 3.96. The second-order valence-corrected chi connectivity index (χ2v) is 7.14. The normalized spacial score (nSPS) is 11.3. The van der Waals surface area contributed by atoms with E-state index >= 15 is 0 Å². The first-order chi connectivity index (χ1) is 15.3. The van der Waals surface area contributed by atoms with Crippen LogP contribution in [-0.2, 0) is 19.1 Å². The number of rotatable bonds is 5. The number of nitriles is 1. The smallest absolute Gasteiger partial charge is 0.330 e. The van der Waals surface area contributed by atoms with Gasteiger partial charge in [-0.05, 0) is 41.5 Å². The first-order valence-electron chi connectivity index (χ1n) is 9.57. The molecule has 0 N–H and O–H groups in total. The van der Waals surface area contributed by atoms with Crippen LogP contribution < -0.4 is 5.56 Å². The molecule has 0 saturated carbocycles. The average molecular weight is 435 g/mol. The van der Waals surface area contributed by atoms with E-state index < -0.39 is 17.3 Å². The molecule has 0 aliphatic carbocycles. The molecule has 32 heavy (non-hydrogen) atoms. The Morgan fingerprint density at radius 2 is 1.81 bits per heavy atom. The maximum Gasteiger partial charge on any atom is 0.416 e. The van der Waals surface area contributed by atoms with Gasteiger partial charge in [0.2, 0.25) is 0 Å². The van der Waals surface area contributed by atoms with Gasteiger partial charge in [0.1, 0.15) is 5.82 Å². The predicted molar refractivity (Wildman–Crippen MR) is 110 cm³/mol. The van der Waals surface area contributed by atoms with Gasteiger partial charge in [0.05, 0.1) is 23.5 Å². The number of aromatic nitrogens is 4. The number of nitrogens with zero attached hydrogens (tertiary/aromatic N) is 5. The summed E-state index contributed by atoms with van der Waals surface area (Å²) in [5.74, 6) is -0.0967. The summed E-state index contributed by atoms with van der Waals surface area (Å²) in [6, 6.07) is 14.1. The van der Waals surface area contributed by atoms with E-state index in [0.717, 1.165) is 34.2 Å². The minimum absolute atomic E-state index is 0.0967. The number of benzene rings is 1. The van der Waals surface area contributed by atoms with Crippen LogP contribution in [0.2, 0.25) is 0 Å². The molecule has 0 aliphatic heterocycles. The zero-order chi connectivity index (χ0) is 22.7. The van der Waals surface area contributed by atoms with Crippen LogP contribution in [0.5, 0.6) is 0 Å². The summed E-state index contributed by atoms with van der Waals surface area (Å²) in [5.41, 5.74) is 1.83. The zero-order valence-electron chi connectivity index (χ0n) is 16.6. The van der Waals surface area contributed by atoms with E-state index in [4.69, 9.17) is 5.26 Å². The van der Waals surface area contributed by atoms with Crippen molar-refractivity contribution in [3.63, 3.8) is 0 Å². The van der Waals surface area contributed by atoms with Crippen LogP contribution in [0, 0.1) is 11.3 Å². The molecule has 9 heteroatoms. The monoisotopic (exact) mass is 435 g/mol. The quantitative estimate of drug-likeness (QED) is 0.476. The molecule has 0 saturated heterocycles. The Hall–Kier alpha value is -4.19. The van der Waals surface area contributed by atoms with E-state index in [1.54, 1.807) is 30.7 Å². The fourth-order valence-electron chi connectivity index (χ4n) is 3.27. The molecule has 3 aromatic heterocycles. The summed E-state index contributed by atoms with van der Waals surface area (Å²) in [7, 11) is 0. The topological polar surface area (TPSA) is 76.5 Å². The van der Waals surface area contributed by atoms with Crippen LogP contribution in [-0.4, -0.2) is 19.1 Å². The maximum absolute atomic E-state index is 13.0. The summed E-state index contributed by atoms with van der Waals surface area (Å²) in [5, 5.41) is 8.91. The maximum atomic E-state index is 13.0. The van der Waals surface area contributed by atoms with E-state index in [-0.39, 0.29) is 5.82 Å². The second kappa shape index (κ2) is 8.51. The van der Waals surface area contributed by atoms with E-state index in [1.807, 2.05) is 16.7 Å². The van der Waals surface area contributed by atoms with Crippen LogP contribution in [0.3, 0.4) is 0 Å². The summed E-state index contributed by atoms with van der Waals surface area (Å²) >= 11 is 0. The number of halogens is 3. The Kier molecular flexibility index (Phi) is 5.60. The Morgan fingerprint density at radius 1 is 1.03 bits per heavy atom.